The van der Waals surface area contributed by atoms with Gasteiger partial charge in [-0.2, -0.15) is 0 Å². The summed E-state index contributed by atoms with van der Waals surface area (Å²) in [7, 11) is 0. The van der Waals surface area contributed by atoms with Gasteiger partial charge >= 0.3 is 12.1 Å². The molecular formula is C27H35F2NO7. The van der Waals surface area contributed by atoms with Gasteiger partial charge in [0.05, 0.1) is 13.2 Å². The van der Waals surface area contributed by atoms with E-state index in [1.54, 1.807) is 31.2 Å². The van der Waals surface area contributed by atoms with Gasteiger partial charge in [0.15, 0.2) is 17.7 Å². The normalized spacial score (nSPS) is 11.7. The zero-order valence-electron chi connectivity index (χ0n) is 21.3. The van der Waals surface area contributed by atoms with Crippen LogP contribution in [-0.4, -0.2) is 67.7 Å². The average Bonchev–Trinajstić information content (AvgIpc) is 2.87. The van der Waals surface area contributed by atoms with E-state index in [9.17, 15) is 23.5 Å². The summed E-state index contributed by atoms with van der Waals surface area (Å²) < 4.78 is 48.5. The Kier molecular flexibility index (Phi) is 13.4. The molecule has 1 atom stereocenters. The highest BCUT2D eigenvalue weighted by molar-refractivity contribution is 5.72. The van der Waals surface area contributed by atoms with E-state index in [-0.39, 0.29) is 38.5 Å². The first-order valence-electron chi connectivity index (χ1n) is 12.4. The average molecular weight is 524 g/mol. The quantitative estimate of drug-likeness (QED) is 0.289. The number of unbranched alkanes of at least 4 members (excludes halogenated alkanes) is 2. The van der Waals surface area contributed by atoms with E-state index < -0.39 is 29.8 Å². The maximum atomic E-state index is 13.5. The number of hydrogen-bond acceptors (Lipinski definition) is 6. The molecule has 2 aromatic carbocycles. The number of amides is 1. The minimum absolute atomic E-state index is 0.110. The van der Waals surface area contributed by atoms with Gasteiger partial charge in [-0.25, -0.2) is 18.4 Å². The molecule has 10 heteroatoms. The maximum Gasteiger partial charge on any atom is 0.415 e. The zero-order valence-corrected chi connectivity index (χ0v) is 21.3. The Morgan fingerprint density at radius 3 is 2.27 bits per heavy atom. The Morgan fingerprint density at radius 1 is 0.919 bits per heavy atom. The molecule has 0 aliphatic heterocycles. The molecular weight excluding hydrogens is 488 g/mol. The molecule has 0 bridgehead atoms. The first kappa shape index (κ1) is 30.0. The van der Waals surface area contributed by atoms with Crippen molar-refractivity contribution < 1.29 is 42.4 Å². The van der Waals surface area contributed by atoms with Gasteiger partial charge in [0.1, 0.15) is 18.1 Å². The summed E-state index contributed by atoms with van der Waals surface area (Å²) >= 11 is 0. The van der Waals surface area contributed by atoms with Crippen molar-refractivity contribution in [2.24, 2.45) is 0 Å². The molecule has 204 valence electrons. The van der Waals surface area contributed by atoms with Crippen LogP contribution in [0.5, 0.6) is 11.5 Å². The predicted molar refractivity (Wildman–Crippen MR) is 133 cm³/mol. The molecule has 0 aromatic heterocycles. The van der Waals surface area contributed by atoms with Crippen LogP contribution in [0.4, 0.5) is 13.6 Å². The second kappa shape index (κ2) is 16.5. The van der Waals surface area contributed by atoms with Gasteiger partial charge in [-0.3, -0.25) is 0 Å². The van der Waals surface area contributed by atoms with Crippen LogP contribution in [0.25, 0.3) is 0 Å². The molecule has 1 N–H and O–H groups in total. The van der Waals surface area contributed by atoms with Gasteiger partial charge in [-0.1, -0.05) is 31.9 Å². The fraction of sp³-hybridized carbons (Fsp3) is 0.481. The topological polar surface area (TPSA) is 94.5 Å². The SMILES string of the molecule is CCCCCOCCN(CCOc1ccc(CC(OCC)C(=O)O)cc1)C(=O)Oc1ccc(F)c(F)c1. The maximum absolute atomic E-state index is 13.5. The van der Waals surface area contributed by atoms with Crippen molar-refractivity contribution in [1.82, 2.24) is 4.90 Å². The Labute approximate surface area is 216 Å². The van der Waals surface area contributed by atoms with Crippen molar-refractivity contribution in [2.75, 3.05) is 39.5 Å². The van der Waals surface area contributed by atoms with Gasteiger partial charge in [0.2, 0.25) is 0 Å². The van der Waals surface area contributed by atoms with Crippen LogP contribution in [-0.2, 0) is 20.7 Å². The number of carbonyl (C=O) groups excluding carboxylic acids is 1. The number of hydrogen-bond donors (Lipinski definition) is 1. The molecule has 0 heterocycles. The first-order chi connectivity index (χ1) is 17.8. The smallest absolute Gasteiger partial charge is 0.415 e. The van der Waals surface area contributed by atoms with Crippen LogP contribution < -0.4 is 9.47 Å². The van der Waals surface area contributed by atoms with Crippen molar-refractivity contribution in [3.05, 3.63) is 59.7 Å². The third-order valence-electron chi connectivity index (χ3n) is 5.37. The van der Waals surface area contributed by atoms with E-state index in [4.69, 9.17) is 18.9 Å². The second-order valence-electron chi connectivity index (χ2n) is 8.23. The molecule has 1 amide bonds. The number of carbonyl (C=O) groups is 2. The van der Waals surface area contributed by atoms with Crippen LogP contribution in [0.1, 0.15) is 38.7 Å². The van der Waals surface area contributed by atoms with Crippen LogP contribution in [0.15, 0.2) is 42.5 Å². The first-order valence-corrected chi connectivity index (χ1v) is 12.4. The molecule has 0 radical (unpaired) electrons. The number of rotatable bonds is 17. The summed E-state index contributed by atoms with van der Waals surface area (Å²) in [5, 5.41) is 9.23. The fourth-order valence-corrected chi connectivity index (χ4v) is 3.36. The molecule has 2 aromatic rings. The molecule has 1 unspecified atom stereocenters. The number of halogens is 2. The minimum Gasteiger partial charge on any atom is -0.492 e. The third kappa shape index (κ3) is 11.1. The Morgan fingerprint density at radius 2 is 1.62 bits per heavy atom. The van der Waals surface area contributed by atoms with E-state index in [0.29, 0.717) is 19.0 Å². The lowest BCUT2D eigenvalue weighted by molar-refractivity contribution is -0.149. The molecule has 0 aliphatic carbocycles. The number of benzene rings is 2. The third-order valence-corrected chi connectivity index (χ3v) is 5.37. The number of ether oxygens (including phenoxy) is 4. The summed E-state index contributed by atoms with van der Waals surface area (Å²) in [5.41, 5.74) is 0.783. The summed E-state index contributed by atoms with van der Waals surface area (Å²) in [5.74, 6) is -2.74. The number of aliphatic carboxylic acids is 1. The lowest BCUT2D eigenvalue weighted by Crippen LogP contribution is -2.39. The van der Waals surface area contributed by atoms with E-state index in [1.165, 1.54) is 11.0 Å². The predicted octanol–water partition coefficient (Wildman–Crippen LogP) is 5.08. The molecule has 8 nitrogen and oxygen atoms in total. The van der Waals surface area contributed by atoms with Crippen LogP contribution in [0, 0.1) is 11.6 Å². The Balaban J connectivity index is 1.92. The van der Waals surface area contributed by atoms with Crippen LogP contribution in [0.2, 0.25) is 0 Å². The standard InChI is InChI=1S/C27H35F2NO7/c1-3-5-6-15-34-16-13-30(27(33)37-22-11-12-23(28)24(29)19-22)14-17-36-21-9-7-20(8-10-21)18-25(26(31)32)35-4-2/h7-12,19,25H,3-6,13-18H2,1-2H3,(H,31,32). The largest absolute Gasteiger partial charge is 0.492 e. The summed E-state index contributed by atoms with van der Waals surface area (Å²) in [6, 6.07) is 9.80. The summed E-state index contributed by atoms with van der Waals surface area (Å²) in [6.45, 7) is 5.53. The molecule has 0 fully saturated rings. The molecule has 0 aliphatic rings. The molecule has 37 heavy (non-hydrogen) atoms. The Hall–Kier alpha value is -3.24. The van der Waals surface area contributed by atoms with E-state index in [0.717, 1.165) is 37.0 Å². The summed E-state index contributed by atoms with van der Waals surface area (Å²) in [6.07, 6.45) is 1.61. The van der Waals surface area contributed by atoms with Crippen molar-refractivity contribution in [3.8, 4) is 11.5 Å². The number of nitrogens with zero attached hydrogens (tertiary/aromatic N) is 1. The van der Waals surface area contributed by atoms with E-state index in [2.05, 4.69) is 6.92 Å². The lowest BCUT2D eigenvalue weighted by atomic mass is 10.1. The lowest BCUT2D eigenvalue weighted by Gasteiger charge is -2.22. The minimum atomic E-state index is -1.11. The van der Waals surface area contributed by atoms with Crippen molar-refractivity contribution in [3.63, 3.8) is 0 Å². The van der Waals surface area contributed by atoms with Crippen LogP contribution >= 0.6 is 0 Å². The van der Waals surface area contributed by atoms with E-state index >= 15 is 0 Å². The van der Waals surface area contributed by atoms with Gasteiger partial charge in [-0.05, 0) is 43.2 Å². The van der Waals surface area contributed by atoms with Gasteiger partial charge in [0.25, 0.3) is 0 Å². The highest BCUT2D eigenvalue weighted by atomic mass is 19.2. The highest BCUT2D eigenvalue weighted by Crippen LogP contribution is 2.17. The Bertz CT molecular complexity index is 972. The number of carboxylic acids is 1. The van der Waals surface area contributed by atoms with E-state index in [1.807, 2.05) is 0 Å². The fourth-order valence-electron chi connectivity index (χ4n) is 3.36. The van der Waals surface area contributed by atoms with Gasteiger partial charge in [0, 0.05) is 32.2 Å². The molecule has 2 rings (SSSR count). The number of carboxylic acid groups (broad SMARTS) is 1. The van der Waals surface area contributed by atoms with Gasteiger partial charge in [-0.15, -0.1) is 0 Å². The van der Waals surface area contributed by atoms with Gasteiger partial charge < -0.3 is 29.0 Å². The van der Waals surface area contributed by atoms with Crippen molar-refractivity contribution >= 4 is 12.1 Å². The monoisotopic (exact) mass is 523 g/mol. The molecule has 0 spiro atoms. The van der Waals surface area contributed by atoms with Crippen molar-refractivity contribution in [2.45, 2.75) is 45.6 Å². The molecule has 0 saturated carbocycles. The zero-order chi connectivity index (χ0) is 27.0. The summed E-state index contributed by atoms with van der Waals surface area (Å²) in [4.78, 5) is 25.3. The second-order valence-corrected chi connectivity index (χ2v) is 8.23. The molecule has 0 saturated heterocycles. The van der Waals surface area contributed by atoms with Crippen LogP contribution in [0.3, 0.4) is 0 Å². The highest BCUT2D eigenvalue weighted by Gasteiger charge is 2.19. The van der Waals surface area contributed by atoms with Crippen molar-refractivity contribution in [1.29, 1.82) is 0 Å².